The third-order valence-electron chi connectivity index (χ3n) is 11.0. The van der Waals surface area contributed by atoms with Gasteiger partial charge in [-0.15, -0.1) is 0 Å². The number of carbonyl (C=O) groups is 1. The van der Waals surface area contributed by atoms with E-state index in [2.05, 4.69) is 90.3 Å². The molecule has 2 aliphatic rings. The van der Waals surface area contributed by atoms with Crippen molar-refractivity contribution in [3.63, 3.8) is 0 Å². The van der Waals surface area contributed by atoms with Crippen molar-refractivity contribution in [1.29, 1.82) is 0 Å². The third kappa shape index (κ3) is 8.78. The first-order chi connectivity index (χ1) is 22.2. The molecule has 0 radical (unpaired) electrons. The summed E-state index contributed by atoms with van der Waals surface area (Å²) in [5.41, 5.74) is 5.44. The van der Waals surface area contributed by atoms with Crippen LogP contribution in [0.4, 0.5) is 5.69 Å². The number of unbranched alkanes of at least 4 members (excludes halogenated alkanes) is 1. The zero-order valence-electron chi connectivity index (χ0n) is 30.4. The van der Waals surface area contributed by atoms with Crippen LogP contribution >= 0.6 is 0 Å². The Kier molecular flexibility index (Phi) is 11.1. The number of aryl methyl sites for hydroxylation is 1. The zero-order valence-corrected chi connectivity index (χ0v) is 31.4. The number of ether oxygens (including phenoxy) is 1. The molecular formula is C42H59NO3Si. The second kappa shape index (κ2) is 14.7. The Morgan fingerprint density at radius 2 is 1.49 bits per heavy atom. The average molecular weight is 654 g/mol. The minimum atomic E-state index is -1.83. The maximum Gasteiger partial charge on any atom is 0.225 e. The maximum absolute atomic E-state index is 13.8. The van der Waals surface area contributed by atoms with Crippen LogP contribution in [0.5, 0.6) is 11.5 Å². The summed E-state index contributed by atoms with van der Waals surface area (Å²) in [6.07, 6.45) is 11.9. The van der Waals surface area contributed by atoms with Gasteiger partial charge in [-0.1, -0.05) is 116 Å². The van der Waals surface area contributed by atoms with Crippen molar-refractivity contribution in [3.8, 4) is 11.5 Å². The normalized spacial score (nSPS) is 16.6. The van der Waals surface area contributed by atoms with Gasteiger partial charge in [0, 0.05) is 35.3 Å². The standard InChI is InChI=1S/C42H59NO3Si/c1-41(2,3)35-27-26-30(18-12-15-23-37(31-19-10-9-11-20-31)46-47(7,8)42(4,5)6)28-36(35)43-40(44)29-34-32-21-13-16-24-38(32)45-39-25-17-14-22-33(34)39/h13-14,16-17,21-22,24-28,31,34,37H,9-12,15,18-20,23,29H2,1-8H3,(H,43,44). The molecule has 1 aliphatic heterocycles. The first kappa shape index (κ1) is 35.4. The van der Waals surface area contributed by atoms with Crippen molar-refractivity contribution in [2.45, 2.75) is 141 Å². The summed E-state index contributed by atoms with van der Waals surface area (Å²) in [4.78, 5) is 13.8. The number of nitrogens with one attached hydrogen (secondary N) is 1. The maximum atomic E-state index is 13.8. The van der Waals surface area contributed by atoms with Crippen LogP contribution in [-0.2, 0) is 21.1 Å². The van der Waals surface area contributed by atoms with Gasteiger partial charge in [-0.3, -0.25) is 4.79 Å². The first-order valence-corrected chi connectivity index (χ1v) is 21.1. The van der Waals surface area contributed by atoms with Gasteiger partial charge in [0.1, 0.15) is 11.5 Å². The van der Waals surface area contributed by atoms with E-state index in [-0.39, 0.29) is 22.3 Å². The molecule has 3 aromatic rings. The van der Waals surface area contributed by atoms with E-state index in [0.29, 0.717) is 18.4 Å². The van der Waals surface area contributed by atoms with Gasteiger partial charge in [0.05, 0.1) is 0 Å². The van der Waals surface area contributed by atoms with E-state index in [1.807, 2.05) is 36.4 Å². The lowest BCUT2D eigenvalue weighted by Gasteiger charge is -2.42. The molecule has 0 bridgehead atoms. The molecule has 254 valence electrons. The zero-order chi connectivity index (χ0) is 33.8. The van der Waals surface area contributed by atoms with E-state index < -0.39 is 8.32 Å². The van der Waals surface area contributed by atoms with Crippen molar-refractivity contribution >= 4 is 19.9 Å². The second-order valence-corrected chi connectivity index (χ2v) is 21.4. The minimum Gasteiger partial charge on any atom is -0.457 e. The van der Waals surface area contributed by atoms with Gasteiger partial charge in [-0.25, -0.2) is 0 Å². The van der Waals surface area contributed by atoms with Gasteiger partial charge >= 0.3 is 0 Å². The number of hydrogen-bond donors (Lipinski definition) is 1. The molecule has 0 spiro atoms. The number of para-hydroxylation sites is 2. The predicted octanol–water partition coefficient (Wildman–Crippen LogP) is 11.9. The number of carbonyl (C=O) groups excluding carboxylic acids is 1. The van der Waals surface area contributed by atoms with Crippen molar-refractivity contribution in [2.75, 3.05) is 5.32 Å². The minimum absolute atomic E-state index is 0.0299. The van der Waals surface area contributed by atoms with Crippen LogP contribution in [0.1, 0.15) is 128 Å². The molecule has 5 rings (SSSR count). The molecule has 4 nitrogen and oxygen atoms in total. The van der Waals surface area contributed by atoms with E-state index in [0.717, 1.165) is 47.6 Å². The monoisotopic (exact) mass is 653 g/mol. The Bertz CT molecular complexity index is 1460. The summed E-state index contributed by atoms with van der Waals surface area (Å²) < 4.78 is 13.3. The summed E-state index contributed by atoms with van der Waals surface area (Å²) in [7, 11) is -1.83. The van der Waals surface area contributed by atoms with Gasteiger partial charge < -0.3 is 14.5 Å². The number of rotatable bonds is 11. The van der Waals surface area contributed by atoms with E-state index >= 15 is 0 Å². The Labute approximate surface area is 286 Å². The van der Waals surface area contributed by atoms with E-state index in [1.165, 1.54) is 49.7 Å². The highest BCUT2D eigenvalue weighted by Gasteiger charge is 2.40. The number of benzene rings is 3. The highest BCUT2D eigenvalue weighted by atomic mass is 28.4. The molecule has 0 saturated heterocycles. The van der Waals surface area contributed by atoms with Gasteiger partial charge in [0.15, 0.2) is 8.32 Å². The Hall–Kier alpha value is -2.89. The Balaban J connectivity index is 1.26. The van der Waals surface area contributed by atoms with Crippen LogP contribution < -0.4 is 10.1 Å². The van der Waals surface area contributed by atoms with E-state index in [4.69, 9.17) is 9.16 Å². The third-order valence-corrected chi connectivity index (χ3v) is 15.5. The second-order valence-electron chi connectivity index (χ2n) is 16.7. The molecule has 1 unspecified atom stereocenters. The van der Waals surface area contributed by atoms with Gasteiger partial charge in [-0.2, -0.15) is 0 Å². The van der Waals surface area contributed by atoms with Gasteiger partial charge in [-0.05, 0) is 90.9 Å². The smallest absolute Gasteiger partial charge is 0.225 e. The fourth-order valence-corrected chi connectivity index (χ4v) is 8.67. The van der Waals surface area contributed by atoms with Crippen LogP contribution in [0.25, 0.3) is 0 Å². The number of amides is 1. The summed E-state index contributed by atoms with van der Waals surface area (Å²) in [6.45, 7) is 18.6. The summed E-state index contributed by atoms with van der Waals surface area (Å²) in [6, 6.07) is 22.9. The van der Waals surface area contributed by atoms with Crippen molar-refractivity contribution in [2.24, 2.45) is 5.92 Å². The summed E-state index contributed by atoms with van der Waals surface area (Å²) in [5, 5.41) is 3.59. The molecule has 1 heterocycles. The average Bonchev–Trinajstić information content (AvgIpc) is 3.01. The highest BCUT2D eigenvalue weighted by Crippen LogP contribution is 2.46. The molecular weight excluding hydrogens is 595 g/mol. The highest BCUT2D eigenvalue weighted by molar-refractivity contribution is 6.74. The fraction of sp³-hybridized carbons (Fsp3) is 0.548. The van der Waals surface area contributed by atoms with Gasteiger partial charge in [0.25, 0.3) is 0 Å². The van der Waals surface area contributed by atoms with Crippen LogP contribution in [0, 0.1) is 5.92 Å². The molecule has 1 aliphatic carbocycles. The molecule has 1 fully saturated rings. The van der Waals surface area contributed by atoms with Crippen LogP contribution in [-0.4, -0.2) is 20.3 Å². The Morgan fingerprint density at radius 3 is 2.09 bits per heavy atom. The van der Waals surface area contributed by atoms with Crippen molar-refractivity contribution in [3.05, 3.63) is 89.0 Å². The molecule has 1 saturated carbocycles. The largest absolute Gasteiger partial charge is 0.457 e. The molecule has 1 atom stereocenters. The first-order valence-electron chi connectivity index (χ1n) is 18.2. The Morgan fingerprint density at radius 1 is 0.872 bits per heavy atom. The molecule has 1 N–H and O–H groups in total. The number of fused-ring (bicyclic) bond motifs is 2. The van der Waals surface area contributed by atoms with Crippen LogP contribution in [0.3, 0.4) is 0 Å². The van der Waals surface area contributed by atoms with E-state index in [9.17, 15) is 4.79 Å². The van der Waals surface area contributed by atoms with Crippen LogP contribution in [0.15, 0.2) is 66.7 Å². The summed E-state index contributed by atoms with van der Waals surface area (Å²) >= 11 is 0. The lowest BCUT2D eigenvalue weighted by molar-refractivity contribution is -0.116. The molecule has 1 amide bonds. The summed E-state index contributed by atoms with van der Waals surface area (Å²) in [5.74, 6) is 2.36. The molecule has 5 heteroatoms. The van der Waals surface area contributed by atoms with Gasteiger partial charge in [0.2, 0.25) is 5.91 Å². The molecule has 3 aromatic carbocycles. The van der Waals surface area contributed by atoms with E-state index in [1.54, 1.807) is 0 Å². The lowest BCUT2D eigenvalue weighted by Crippen LogP contribution is -2.46. The van der Waals surface area contributed by atoms with Crippen LogP contribution in [0.2, 0.25) is 18.1 Å². The molecule has 0 aromatic heterocycles. The SMILES string of the molecule is CC(C)(C)c1ccc(CCCCC(O[Si](C)(C)C(C)(C)C)C2CCCCC2)cc1NC(=O)CC1c2ccccc2Oc2ccccc21. The fourth-order valence-electron chi connectivity index (χ4n) is 7.25. The number of hydrogen-bond acceptors (Lipinski definition) is 3. The lowest BCUT2D eigenvalue weighted by atomic mass is 9.83. The number of anilines is 1. The molecule has 47 heavy (non-hydrogen) atoms. The predicted molar refractivity (Wildman–Crippen MR) is 199 cm³/mol. The quantitative estimate of drug-likeness (QED) is 0.165. The van der Waals surface area contributed by atoms with Crippen molar-refractivity contribution < 1.29 is 14.0 Å². The topological polar surface area (TPSA) is 47.6 Å². The van der Waals surface area contributed by atoms with Crippen molar-refractivity contribution in [1.82, 2.24) is 0 Å².